The topological polar surface area (TPSA) is 23.5 Å². The summed E-state index contributed by atoms with van der Waals surface area (Å²) in [5.41, 5.74) is 1.26. The van der Waals surface area contributed by atoms with E-state index in [1.54, 1.807) is 0 Å². The van der Waals surface area contributed by atoms with E-state index in [-0.39, 0.29) is 6.61 Å². The van der Waals surface area contributed by atoms with Crippen molar-refractivity contribution in [1.82, 2.24) is 4.90 Å². The van der Waals surface area contributed by atoms with Gasteiger partial charge in [-0.15, -0.1) is 11.3 Å². The zero-order valence-corrected chi connectivity index (χ0v) is 14.7. The second-order valence-corrected chi connectivity index (χ2v) is 7.06. The zero-order chi connectivity index (χ0) is 16.3. The molecule has 0 saturated carbocycles. The van der Waals surface area contributed by atoms with E-state index in [9.17, 15) is 0 Å². The number of allylic oxidation sites excluding steroid dienone is 1. The molecule has 0 aliphatic carbocycles. The number of aliphatic hydroxyl groups excluding tert-OH is 1. The van der Waals surface area contributed by atoms with Gasteiger partial charge in [0.15, 0.2) is 0 Å². The minimum absolute atomic E-state index is 0.232. The smallest absolute Gasteiger partial charge is 0.0558 e. The summed E-state index contributed by atoms with van der Waals surface area (Å²) in [4.78, 5) is 3.69. The van der Waals surface area contributed by atoms with Gasteiger partial charge in [-0.3, -0.25) is 0 Å². The van der Waals surface area contributed by atoms with Crippen molar-refractivity contribution in [2.45, 2.75) is 19.3 Å². The molecule has 1 aromatic heterocycles. The van der Waals surface area contributed by atoms with E-state index in [0.717, 1.165) is 25.9 Å². The van der Waals surface area contributed by atoms with Crippen molar-refractivity contribution in [2.75, 3.05) is 26.7 Å². The Morgan fingerprint density at radius 1 is 1.17 bits per heavy atom. The van der Waals surface area contributed by atoms with Crippen LogP contribution in [0, 0.1) is 5.92 Å². The maximum absolute atomic E-state index is 9.10. The Morgan fingerprint density at radius 3 is 2.70 bits per heavy atom. The second kappa shape index (κ2) is 10.4. The first-order valence-corrected chi connectivity index (χ1v) is 9.19. The zero-order valence-electron chi connectivity index (χ0n) is 13.9. The van der Waals surface area contributed by atoms with E-state index in [4.69, 9.17) is 5.11 Å². The fourth-order valence-electron chi connectivity index (χ4n) is 2.79. The Balaban J connectivity index is 1.84. The van der Waals surface area contributed by atoms with Gasteiger partial charge in [0.25, 0.3) is 0 Å². The summed E-state index contributed by atoms with van der Waals surface area (Å²) in [5, 5.41) is 11.2. The quantitative estimate of drug-likeness (QED) is 0.701. The van der Waals surface area contributed by atoms with Crippen LogP contribution in [0.3, 0.4) is 0 Å². The van der Waals surface area contributed by atoms with Gasteiger partial charge >= 0.3 is 0 Å². The van der Waals surface area contributed by atoms with E-state index in [1.165, 1.54) is 16.9 Å². The first kappa shape index (κ1) is 17.9. The van der Waals surface area contributed by atoms with Gasteiger partial charge in [0.05, 0.1) is 6.61 Å². The van der Waals surface area contributed by atoms with Crippen molar-refractivity contribution in [3.05, 3.63) is 64.4 Å². The first-order valence-electron chi connectivity index (χ1n) is 8.31. The van der Waals surface area contributed by atoms with E-state index >= 15 is 0 Å². The maximum atomic E-state index is 9.10. The molecule has 3 heteroatoms. The summed E-state index contributed by atoms with van der Waals surface area (Å²) in [6.07, 6.45) is 7.89. The van der Waals surface area contributed by atoms with E-state index in [1.807, 2.05) is 17.4 Å². The molecule has 0 aliphatic heterocycles. The molecular weight excluding hydrogens is 302 g/mol. The van der Waals surface area contributed by atoms with Crippen LogP contribution in [-0.2, 0) is 6.42 Å². The second-order valence-electron chi connectivity index (χ2n) is 6.03. The fraction of sp³-hybridized carbons (Fsp3) is 0.400. The summed E-state index contributed by atoms with van der Waals surface area (Å²) < 4.78 is 0. The van der Waals surface area contributed by atoms with Crippen molar-refractivity contribution in [3.63, 3.8) is 0 Å². The number of rotatable bonds is 10. The molecule has 1 atom stereocenters. The molecule has 0 fully saturated rings. The monoisotopic (exact) mass is 329 g/mol. The number of likely N-dealkylation sites (N-methyl/N-ethyl adjacent to an activating group) is 1. The van der Waals surface area contributed by atoms with Crippen LogP contribution >= 0.6 is 11.3 Å². The van der Waals surface area contributed by atoms with Gasteiger partial charge < -0.3 is 10.0 Å². The molecule has 2 nitrogen and oxygen atoms in total. The molecule has 2 aromatic rings. The molecule has 0 saturated heterocycles. The van der Waals surface area contributed by atoms with E-state index < -0.39 is 0 Å². The molecular formula is C20H27NOS. The lowest BCUT2D eigenvalue weighted by Crippen LogP contribution is -2.29. The van der Waals surface area contributed by atoms with Crippen molar-refractivity contribution in [3.8, 4) is 0 Å². The van der Waals surface area contributed by atoms with Gasteiger partial charge in [0.1, 0.15) is 0 Å². The average molecular weight is 330 g/mol. The van der Waals surface area contributed by atoms with Crippen LogP contribution in [0.25, 0.3) is 6.08 Å². The van der Waals surface area contributed by atoms with E-state index in [0.29, 0.717) is 5.92 Å². The first-order chi connectivity index (χ1) is 11.3. The van der Waals surface area contributed by atoms with Gasteiger partial charge in [-0.2, -0.15) is 0 Å². The highest BCUT2D eigenvalue weighted by Gasteiger charge is 2.12. The third-order valence-corrected chi connectivity index (χ3v) is 4.87. The Morgan fingerprint density at radius 2 is 2.00 bits per heavy atom. The van der Waals surface area contributed by atoms with Gasteiger partial charge in [-0.25, -0.2) is 0 Å². The summed E-state index contributed by atoms with van der Waals surface area (Å²) in [6, 6.07) is 14.8. The molecule has 0 bridgehead atoms. The number of hydrogen-bond acceptors (Lipinski definition) is 3. The molecule has 1 unspecified atom stereocenters. The molecule has 1 heterocycles. The van der Waals surface area contributed by atoms with Crippen LogP contribution < -0.4 is 0 Å². The molecule has 0 amide bonds. The van der Waals surface area contributed by atoms with Crippen LogP contribution in [0.2, 0.25) is 0 Å². The highest BCUT2D eigenvalue weighted by molar-refractivity contribution is 7.09. The number of hydrogen-bond donors (Lipinski definition) is 1. The van der Waals surface area contributed by atoms with Crippen LogP contribution in [0.5, 0.6) is 0 Å². The van der Waals surface area contributed by atoms with Crippen LogP contribution in [-0.4, -0.2) is 36.8 Å². The molecule has 1 N–H and O–H groups in total. The Kier molecular flexibility index (Phi) is 8.08. The summed E-state index contributed by atoms with van der Waals surface area (Å²) in [7, 11) is 2.09. The summed E-state index contributed by atoms with van der Waals surface area (Å²) >= 11 is 1.84. The normalized spacial score (nSPS) is 13.0. The minimum Gasteiger partial charge on any atom is -0.395 e. The SMILES string of the molecule is CN(CCO)CC(CC/C=C/c1ccccc1)Cc1cccs1. The Hall–Kier alpha value is -1.42. The van der Waals surface area contributed by atoms with Gasteiger partial charge in [-0.05, 0) is 49.2 Å². The molecule has 0 aliphatic rings. The molecule has 2 rings (SSSR count). The standard InChI is InChI=1S/C20H27NOS/c1-21(13-14-22)17-19(16-20-12-7-15-23-20)11-6-5-10-18-8-3-2-4-9-18/h2-5,7-10,12,15,19,22H,6,11,13-14,16-17H2,1H3/b10-5+. The van der Waals surface area contributed by atoms with Crippen LogP contribution in [0.15, 0.2) is 53.9 Å². The number of thiophene rings is 1. The fourth-order valence-corrected chi connectivity index (χ4v) is 3.61. The molecule has 0 radical (unpaired) electrons. The number of aliphatic hydroxyl groups is 1. The number of nitrogens with zero attached hydrogens (tertiary/aromatic N) is 1. The van der Waals surface area contributed by atoms with Crippen molar-refractivity contribution in [1.29, 1.82) is 0 Å². The third-order valence-electron chi connectivity index (χ3n) is 3.97. The maximum Gasteiger partial charge on any atom is 0.0558 e. The Bertz CT molecular complexity index is 550. The van der Waals surface area contributed by atoms with Crippen LogP contribution in [0.4, 0.5) is 0 Å². The molecule has 124 valence electrons. The lowest BCUT2D eigenvalue weighted by Gasteiger charge is -2.23. The van der Waals surface area contributed by atoms with Crippen molar-refractivity contribution < 1.29 is 5.11 Å². The minimum atomic E-state index is 0.232. The molecule has 0 spiro atoms. The lowest BCUT2D eigenvalue weighted by molar-refractivity contribution is 0.199. The molecule has 23 heavy (non-hydrogen) atoms. The highest BCUT2D eigenvalue weighted by atomic mass is 32.1. The summed E-state index contributed by atoms with van der Waals surface area (Å²) in [5.74, 6) is 0.630. The summed E-state index contributed by atoms with van der Waals surface area (Å²) in [6.45, 7) is 2.02. The third kappa shape index (κ3) is 7.12. The van der Waals surface area contributed by atoms with Gasteiger partial charge in [0, 0.05) is 18.0 Å². The van der Waals surface area contributed by atoms with E-state index in [2.05, 4.69) is 65.9 Å². The lowest BCUT2D eigenvalue weighted by atomic mass is 9.97. The largest absolute Gasteiger partial charge is 0.395 e. The van der Waals surface area contributed by atoms with Gasteiger partial charge in [0.2, 0.25) is 0 Å². The average Bonchev–Trinajstić information content (AvgIpc) is 3.05. The predicted octanol–water partition coefficient (Wildman–Crippen LogP) is 4.32. The van der Waals surface area contributed by atoms with Crippen molar-refractivity contribution >= 4 is 17.4 Å². The van der Waals surface area contributed by atoms with Gasteiger partial charge in [-0.1, -0.05) is 48.6 Å². The Labute approximate surface area is 144 Å². The molecule has 1 aromatic carbocycles. The highest BCUT2D eigenvalue weighted by Crippen LogP contribution is 2.19. The number of benzene rings is 1. The van der Waals surface area contributed by atoms with Crippen molar-refractivity contribution in [2.24, 2.45) is 5.92 Å². The predicted molar refractivity (Wildman–Crippen MR) is 101 cm³/mol. The van der Waals surface area contributed by atoms with Crippen LogP contribution in [0.1, 0.15) is 23.3 Å².